The van der Waals surface area contributed by atoms with Crippen molar-refractivity contribution < 1.29 is 14.3 Å². The molecule has 172 valence electrons. The van der Waals surface area contributed by atoms with E-state index in [0.29, 0.717) is 13.1 Å². The number of carbonyl (C=O) groups is 2. The quantitative estimate of drug-likeness (QED) is 0.306. The summed E-state index contributed by atoms with van der Waals surface area (Å²) in [5, 5.41) is 6.66. The maximum Gasteiger partial charge on any atom is 0.410 e. The molecule has 0 spiro atoms. The second-order valence-electron chi connectivity index (χ2n) is 9.21. The maximum absolute atomic E-state index is 12.0. The van der Waals surface area contributed by atoms with Crippen LogP contribution in [0.3, 0.4) is 0 Å². The summed E-state index contributed by atoms with van der Waals surface area (Å²) in [5.41, 5.74) is 4.92. The standard InChI is InChI=1S/C21H40N6O3/c1-5-23-19(25-17-14-27(15-17)20(29)30-21(2,3)4)24-10-6-7-11-26-12-8-16(9-13-26)18(22)28/h16-17H,5-15H2,1-4H3,(H2,22,28)(H2,23,24,25). The number of primary amides is 1. The Balaban J connectivity index is 1.62. The molecule has 0 bridgehead atoms. The molecular weight excluding hydrogens is 384 g/mol. The summed E-state index contributed by atoms with van der Waals surface area (Å²) in [6, 6.07) is 0.196. The molecule has 2 amide bonds. The van der Waals surface area contributed by atoms with Crippen molar-refractivity contribution >= 4 is 18.0 Å². The van der Waals surface area contributed by atoms with Crippen molar-refractivity contribution in [1.29, 1.82) is 0 Å². The van der Waals surface area contributed by atoms with Crippen molar-refractivity contribution in [3.8, 4) is 0 Å². The van der Waals surface area contributed by atoms with E-state index in [1.54, 1.807) is 4.90 Å². The van der Waals surface area contributed by atoms with Crippen LogP contribution in [0.15, 0.2) is 4.99 Å². The van der Waals surface area contributed by atoms with Crippen molar-refractivity contribution in [3.63, 3.8) is 0 Å². The van der Waals surface area contributed by atoms with Crippen LogP contribution >= 0.6 is 0 Å². The van der Waals surface area contributed by atoms with Gasteiger partial charge in [-0.2, -0.15) is 0 Å². The number of rotatable bonds is 8. The van der Waals surface area contributed by atoms with Gasteiger partial charge in [0.15, 0.2) is 5.96 Å². The van der Waals surface area contributed by atoms with Gasteiger partial charge in [0.1, 0.15) is 5.60 Å². The molecule has 2 aliphatic heterocycles. The normalized spacial score (nSPS) is 19.3. The van der Waals surface area contributed by atoms with Crippen LogP contribution in [0.5, 0.6) is 0 Å². The zero-order valence-corrected chi connectivity index (χ0v) is 19.1. The summed E-state index contributed by atoms with van der Waals surface area (Å²) >= 11 is 0. The highest BCUT2D eigenvalue weighted by atomic mass is 16.6. The van der Waals surface area contributed by atoms with Crippen LogP contribution in [0, 0.1) is 5.92 Å². The molecular formula is C21H40N6O3. The van der Waals surface area contributed by atoms with E-state index in [1.165, 1.54) is 0 Å². The molecule has 2 saturated heterocycles. The zero-order chi connectivity index (χ0) is 22.1. The number of nitrogens with one attached hydrogen (secondary N) is 2. The summed E-state index contributed by atoms with van der Waals surface area (Å²) in [5.74, 6) is 0.694. The summed E-state index contributed by atoms with van der Waals surface area (Å²) in [7, 11) is 0. The molecule has 0 aromatic carbocycles. The zero-order valence-electron chi connectivity index (χ0n) is 19.1. The average Bonchev–Trinajstić information content (AvgIpc) is 2.62. The van der Waals surface area contributed by atoms with Gasteiger partial charge >= 0.3 is 6.09 Å². The fraction of sp³-hybridized carbons (Fsp3) is 0.857. The minimum atomic E-state index is -0.469. The third kappa shape index (κ3) is 8.38. The fourth-order valence-corrected chi connectivity index (χ4v) is 3.64. The van der Waals surface area contributed by atoms with E-state index >= 15 is 0 Å². The lowest BCUT2D eigenvalue weighted by Gasteiger charge is -2.40. The van der Waals surface area contributed by atoms with Gasteiger partial charge in [0.2, 0.25) is 5.91 Å². The van der Waals surface area contributed by atoms with E-state index in [2.05, 4.69) is 20.5 Å². The lowest BCUT2D eigenvalue weighted by atomic mass is 9.96. The average molecular weight is 425 g/mol. The number of unbranched alkanes of at least 4 members (excludes halogenated alkanes) is 1. The number of nitrogens with zero attached hydrogens (tertiary/aromatic N) is 3. The number of amides is 2. The minimum Gasteiger partial charge on any atom is -0.444 e. The molecule has 0 saturated carbocycles. The van der Waals surface area contributed by atoms with Crippen LogP contribution in [0.2, 0.25) is 0 Å². The highest BCUT2D eigenvalue weighted by Crippen LogP contribution is 2.17. The van der Waals surface area contributed by atoms with Crippen molar-refractivity contribution in [2.24, 2.45) is 16.6 Å². The highest BCUT2D eigenvalue weighted by Gasteiger charge is 2.34. The molecule has 0 aromatic rings. The Morgan fingerprint density at radius 3 is 2.40 bits per heavy atom. The van der Waals surface area contributed by atoms with E-state index in [-0.39, 0.29) is 24.0 Å². The van der Waals surface area contributed by atoms with Crippen molar-refractivity contribution in [3.05, 3.63) is 0 Å². The number of carbonyl (C=O) groups excluding carboxylic acids is 2. The number of hydrogen-bond acceptors (Lipinski definition) is 5. The van der Waals surface area contributed by atoms with Crippen LogP contribution in [0.1, 0.15) is 53.4 Å². The van der Waals surface area contributed by atoms with Crippen molar-refractivity contribution in [1.82, 2.24) is 20.4 Å². The predicted molar refractivity (Wildman–Crippen MR) is 118 cm³/mol. The van der Waals surface area contributed by atoms with Crippen LogP contribution in [-0.2, 0) is 9.53 Å². The molecule has 2 aliphatic rings. The van der Waals surface area contributed by atoms with E-state index in [0.717, 1.165) is 64.4 Å². The number of piperidine rings is 1. The molecule has 9 heteroatoms. The number of ether oxygens (including phenoxy) is 1. The molecule has 4 N–H and O–H groups in total. The Morgan fingerprint density at radius 1 is 1.17 bits per heavy atom. The van der Waals surface area contributed by atoms with Crippen molar-refractivity contribution in [2.75, 3.05) is 45.8 Å². The number of likely N-dealkylation sites (tertiary alicyclic amines) is 2. The number of guanidine groups is 1. The van der Waals surface area contributed by atoms with Gasteiger partial charge in [-0.25, -0.2) is 4.79 Å². The second-order valence-corrected chi connectivity index (χ2v) is 9.21. The van der Waals surface area contributed by atoms with Gasteiger partial charge in [-0.1, -0.05) is 0 Å². The number of hydrogen-bond donors (Lipinski definition) is 3. The molecule has 0 unspecified atom stereocenters. The molecule has 9 nitrogen and oxygen atoms in total. The first-order valence-corrected chi connectivity index (χ1v) is 11.2. The Kier molecular flexibility index (Phi) is 9.20. The molecule has 0 radical (unpaired) electrons. The SMILES string of the molecule is CCNC(=NCCCCN1CCC(C(N)=O)CC1)NC1CN(C(=O)OC(C)(C)C)C1. The monoisotopic (exact) mass is 424 g/mol. The Morgan fingerprint density at radius 2 is 1.83 bits per heavy atom. The minimum absolute atomic E-state index is 0.0531. The molecule has 0 aromatic heterocycles. The van der Waals surface area contributed by atoms with Gasteiger partial charge in [0, 0.05) is 32.1 Å². The largest absolute Gasteiger partial charge is 0.444 e. The lowest BCUT2D eigenvalue weighted by Crippen LogP contribution is -2.63. The van der Waals surface area contributed by atoms with Crippen LogP contribution in [0.4, 0.5) is 4.79 Å². The topological polar surface area (TPSA) is 112 Å². The van der Waals surface area contributed by atoms with Crippen molar-refractivity contribution in [2.45, 2.75) is 65.0 Å². The molecule has 2 heterocycles. The number of nitrogens with two attached hydrogens (primary N) is 1. The molecule has 0 atom stereocenters. The van der Waals surface area contributed by atoms with E-state index in [9.17, 15) is 9.59 Å². The van der Waals surface area contributed by atoms with Crippen LogP contribution in [0.25, 0.3) is 0 Å². The molecule has 2 rings (SSSR count). The van der Waals surface area contributed by atoms with E-state index < -0.39 is 5.60 Å². The maximum atomic E-state index is 12.0. The molecule has 0 aliphatic carbocycles. The summed E-state index contributed by atoms with van der Waals surface area (Å²) in [6.07, 6.45) is 3.59. The first kappa shape index (κ1) is 24.2. The van der Waals surface area contributed by atoms with Gasteiger partial charge in [0.25, 0.3) is 0 Å². The Labute approximate surface area is 180 Å². The molecule has 2 fully saturated rings. The van der Waals surface area contributed by atoms with Gasteiger partial charge in [-0.3, -0.25) is 9.79 Å². The summed E-state index contributed by atoms with van der Waals surface area (Å²) < 4.78 is 5.39. The first-order chi connectivity index (χ1) is 14.2. The Hall–Kier alpha value is -2.03. The second kappa shape index (κ2) is 11.4. The van der Waals surface area contributed by atoms with Crippen LogP contribution < -0.4 is 16.4 Å². The number of aliphatic imine (C=N–C) groups is 1. The van der Waals surface area contributed by atoms with Gasteiger partial charge in [-0.05, 0) is 73.0 Å². The fourth-order valence-electron chi connectivity index (χ4n) is 3.64. The summed E-state index contributed by atoms with van der Waals surface area (Å²) in [4.78, 5) is 32.0. The predicted octanol–water partition coefficient (Wildman–Crippen LogP) is 1.14. The van der Waals surface area contributed by atoms with E-state index in [4.69, 9.17) is 10.5 Å². The smallest absolute Gasteiger partial charge is 0.410 e. The van der Waals surface area contributed by atoms with Gasteiger partial charge in [-0.15, -0.1) is 0 Å². The van der Waals surface area contributed by atoms with Crippen LogP contribution in [-0.4, -0.2) is 85.2 Å². The van der Waals surface area contributed by atoms with Gasteiger partial charge in [0.05, 0.1) is 6.04 Å². The Bertz CT molecular complexity index is 590. The third-order valence-corrected chi connectivity index (χ3v) is 5.36. The van der Waals surface area contributed by atoms with E-state index in [1.807, 2.05) is 27.7 Å². The third-order valence-electron chi connectivity index (χ3n) is 5.36. The molecule has 30 heavy (non-hydrogen) atoms. The lowest BCUT2D eigenvalue weighted by molar-refractivity contribution is -0.123. The highest BCUT2D eigenvalue weighted by molar-refractivity contribution is 5.80. The van der Waals surface area contributed by atoms with Gasteiger partial charge < -0.3 is 30.9 Å². The first-order valence-electron chi connectivity index (χ1n) is 11.2. The summed E-state index contributed by atoms with van der Waals surface area (Å²) in [6.45, 7) is 13.4.